The number of benzene rings is 1. The molecule has 0 aliphatic carbocycles. The number of ether oxygens (including phenoxy) is 1. The third-order valence-corrected chi connectivity index (χ3v) is 2.91. The van der Waals surface area contributed by atoms with Gasteiger partial charge >= 0.3 is 6.36 Å². The van der Waals surface area contributed by atoms with Crippen molar-refractivity contribution in [2.24, 2.45) is 5.92 Å². The quantitative estimate of drug-likeness (QED) is 0.849. The first-order valence-electron chi connectivity index (χ1n) is 6.50. The summed E-state index contributed by atoms with van der Waals surface area (Å²) in [7, 11) is 0. The van der Waals surface area contributed by atoms with Gasteiger partial charge in [0.15, 0.2) is 0 Å². The second-order valence-electron chi connectivity index (χ2n) is 4.91. The zero-order chi connectivity index (χ0) is 16.0. The van der Waals surface area contributed by atoms with Gasteiger partial charge < -0.3 is 15.2 Å². The van der Waals surface area contributed by atoms with Crippen molar-refractivity contribution in [3.63, 3.8) is 0 Å². The van der Waals surface area contributed by atoms with Gasteiger partial charge in [0.1, 0.15) is 5.75 Å². The van der Waals surface area contributed by atoms with Gasteiger partial charge in [0, 0.05) is 18.2 Å². The number of carbonyl (C=O) groups is 1. The minimum absolute atomic E-state index is 0.0541. The zero-order valence-corrected chi connectivity index (χ0v) is 11.8. The molecule has 2 N–H and O–H groups in total. The summed E-state index contributed by atoms with van der Waals surface area (Å²) in [6.45, 7) is 3.75. The van der Waals surface area contributed by atoms with Gasteiger partial charge in [-0.25, -0.2) is 0 Å². The molecule has 1 aromatic carbocycles. The number of hydrogen-bond acceptors (Lipinski definition) is 3. The van der Waals surface area contributed by atoms with E-state index in [-0.39, 0.29) is 29.9 Å². The van der Waals surface area contributed by atoms with E-state index in [1.54, 1.807) is 0 Å². The molecule has 0 saturated heterocycles. The third kappa shape index (κ3) is 6.03. The van der Waals surface area contributed by atoms with Gasteiger partial charge in [-0.15, -0.1) is 13.2 Å². The number of halogens is 3. The molecule has 4 nitrogen and oxygen atoms in total. The second-order valence-corrected chi connectivity index (χ2v) is 4.91. The summed E-state index contributed by atoms with van der Waals surface area (Å²) in [5, 5.41) is 11.7. The molecule has 7 heteroatoms. The molecular formula is C14H18F3NO3. The number of amides is 1. The van der Waals surface area contributed by atoms with Crippen molar-refractivity contribution in [2.45, 2.75) is 32.7 Å². The summed E-state index contributed by atoms with van der Waals surface area (Å²) in [4.78, 5) is 12.0. The summed E-state index contributed by atoms with van der Waals surface area (Å²) in [6, 6.07) is 4.48. The summed E-state index contributed by atoms with van der Waals surface area (Å²) >= 11 is 0. The Bertz CT molecular complexity index is 458. The number of hydrogen-bond donors (Lipinski definition) is 2. The molecule has 0 aliphatic rings. The van der Waals surface area contributed by atoms with Crippen LogP contribution in [0.25, 0.3) is 0 Å². The van der Waals surface area contributed by atoms with Gasteiger partial charge in [0.2, 0.25) is 0 Å². The minimum Gasteiger partial charge on any atom is -0.406 e. The predicted octanol–water partition coefficient (Wildman–Crippen LogP) is 2.72. The average molecular weight is 305 g/mol. The van der Waals surface area contributed by atoms with Crippen molar-refractivity contribution in [1.29, 1.82) is 0 Å². The fourth-order valence-electron chi connectivity index (χ4n) is 1.77. The molecule has 1 atom stereocenters. The summed E-state index contributed by atoms with van der Waals surface area (Å²) in [5.41, 5.74) is 0.230. The van der Waals surface area contributed by atoms with Crippen molar-refractivity contribution in [3.8, 4) is 5.75 Å². The molecule has 1 amide bonds. The Morgan fingerprint density at radius 3 is 2.29 bits per heavy atom. The molecule has 118 valence electrons. The Labute approximate surface area is 120 Å². The highest BCUT2D eigenvalue weighted by Gasteiger charge is 2.31. The lowest BCUT2D eigenvalue weighted by atomic mass is 10.0. The Balaban J connectivity index is 2.70. The standard InChI is InChI=1S/C14H18F3NO3/c1-9(2)12(7-8-19)18-13(20)10-3-5-11(6-4-10)21-14(15,16)17/h3-6,9,12,19H,7-8H2,1-2H3,(H,18,20). The van der Waals surface area contributed by atoms with Gasteiger partial charge in [-0.1, -0.05) is 13.8 Å². The number of rotatable bonds is 6. The van der Waals surface area contributed by atoms with Crippen LogP contribution in [-0.4, -0.2) is 30.0 Å². The van der Waals surface area contributed by atoms with Crippen LogP contribution in [0.2, 0.25) is 0 Å². The van der Waals surface area contributed by atoms with Gasteiger partial charge in [0.05, 0.1) is 0 Å². The first-order chi connectivity index (χ1) is 9.73. The summed E-state index contributed by atoms with van der Waals surface area (Å²) in [5.74, 6) is -0.649. The topological polar surface area (TPSA) is 58.6 Å². The lowest BCUT2D eigenvalue weighted by molar-refractivity contribution is -0.274. The van der Waals surface area contributed by atoms with Gasteiger partial charge in [-0.05, 0) is 36.6 Å². The van der Waals surface area contributed by atoms with E-state index in [4.69, 9.17) is 5.11 Å². The number of aliphatic hydroxyl groups excluding tert-OH is 1. The molecule has 0 aromatic heterocycles. The number of nitrogens with one attached hydrogen (secondary N) is 1. The third-order valence-electron chi connectivity index (χ3n) is 2.91. The average Bonchev–Trinajstić information content (AvgIpc) is 2.36. The SMILES string of the molecule is CC(C)C(CCO)NC(=O)c1ccc(OC(F)(F)F)cc1. The van der Waals surface area contributed by atoms with E-state index in [1.807, 2.05) is 13.8 Å². The lowest BCUT2D eigenvalue weighted by Crippen LogP contribution is -2.39. The van der Waals surface area contributed by atoms with Crippen LogP contribution in [0.1, 0.15) is 30.6 Å². The maximum atomic E-state index is 12.0. The van der Waals surface area contributed by atoms with Crippen molar-refractivity contribution in [2.75, 3.05) is 6.61 Å². The van der Waals surface area contributed by atoms with E-state index >= 15 is 0 Å². The van der Waals surface area contributed by atoms with Crippen molar-refractivity contribution in [1.82, 2.24) is 5.32 Å². The summed E-state index contributed by atoms with van der Waals surface area (Å²) < 4.78 is 39.8. The molecule has 0 radical (unpaired) electrons. The molecule has 1 unspecified atom stereocenters. The van der Waals surface area contributed by atoms with Gasteiger partial charge in [-0.2, -0.15) is 0 Å². The van der Waals surface area contributed by atoms with Crippen molar-refractivity contribution in [3.05, 3.63) is 29.8 Å². The Hall–Kier alpha value is -1.76. The van der Waals surface area contributed by atoms with Crippen LogP contribution in [0.15, 0.2) is 24.3 Å². The first-order valence-corrected chi connectivity index (χ1v) is 6.50. The monoisotopic (exact) mass is 305 g/mol. The minimum atomic E-state index is -4.76. The molecule has 0 aliphatic heterocycles. The van der Waals surface area contributed by atoms with Gasteiger partial charge in [-0.3, -0.25) is 4.79 Å². The number of carbonyl (C=O) groups excluding carboxylic acids is 1. The van der Waals surface area contributed by atoms with E-state index < -0.39 is 12.3 Å². The predicted molar refractivity (Wildman–Crippen MR) is 70.9 cm³/mol. The molecule has 0 bridgehead atoms. The largest absolute Gasteiger partial charge is 0.573 e. The fourth-order valence-corrected chi connectivity index (χ4v) is 1.77. The van der Waals surface area contributed by atoms with E-state index in [1.165, 1.54) is 12.1 Å². The highest BCUT2D eigenvalue weighted by molar-refractivity contribution is 5.94. The Kier molecular flexibility index (Phi) is 6.02. The second kappa shape index (κ2) is 7.31. The number of aliphatic hydroxyl groups is 1. The molecule has 0 spiro atoms. The Morgan fingerprint density at radius 1 is 1.29 bits per heavy atom. The van der Waals surface area contributed by atoms with Crippen LogP contribution in [0, 0.1) is 5.92 Å². The van der Waals surface area contributed by atoms with E-state index in [9.17, 15) is 18.0 Å². The van der Waals surface area contributed by atoms with Crippen LogP contribution < -0.4 is 10.1 Å². The van der Waals surface area contributed by atoms with Crippen molar-refractivity contribution < 1.29 is 27.8 Å². The molecule has 0 fully saturated rings. The first kappa shape index (κ1) is 17.3. The maximum Gasteiger partial charge on any atom is 0.573 e. The van der Waals surface area contributed by atoms with E-state index in [2.05, 4.69) is 10.1 Å². The molecule has 0 heterocycles. The molecule has 21 heavy (non-hydrogen) atoms. The smallest absolute Gasteiger partial charge is 0.406 e. The Morgan fingerprint density at radius 2 is 1.86 bits per heavy atom. The van der Waals surface area contributed by atoms with E-state index in [0.717, 1.165) is 12.1 Å². The van der Waals surface area contributed by atoms with Crippen LogP contribution in [0.5, 0.6) is 5.75 Å². The maximum absolute atomic E-state index is 12.0. The normalized spacial score (nSPS) is 13.1. The van der Waals surface area contributed by atoms with Crippen LogP contribution in [-0.2, 0) is 0 Å². The number of alkyl halides is 3. The molecular weight excluding hydrogens is 287 g/mol. The molecule has 0 saturated carbocycles. The fraction of sp³-hybridized carbons (Fsp3) is 0.500. The van der Waals surface area contributed by atoms with Crippen LogP contribution in [0.4, 0.5) is 13.2 Å². The van der Waals surface area contributed by atoms with Gasteiger partial charge in [0.25, 0.3) is 5.91 Å². The summed E-state index contributed by atoms with van der Waals surface area (Å²) in [6.07, 6.45) is -4.34. The highest BCUT2D eigenvalue weighted by Crippen LogP contribution is 2.22. The highest BCUT2D eigenvalue weighted by atomic mass is 19.4. The zero-order valence-electron chi connectivity index (χ0n) is 11.8. The molecule has 1 aromatic rings. The molecule has 1 rings (SSSR count). The van der Waals surface area contributed by atoms with E-state index in [0.29, 0.717) is 6.42 Å². The van der Waals surface area contributed by atoms with Crippen molar-refractivity contribution >= 4 is 5.91 Å². The van der Waals surface area contributed by atoms with Crippen LogP contribution in [0.3, 0.4) is 0 Å². The van der Waals surface area contributed by atoms with Crippen LogP contribution >= 0.6 is 0 Å². The lowest BCUT2D eigenvalue weighted by Gasteiger charge is -2.21.